The van der Waals surface area contributed by atoms with Crippen LogP contribution in [0.3, 0.4) is 0 Å². The second-order valence-corrected chi connectivity index (χ2v) is 4.07. The summed E-state index contributed by atoms with van der Waals surface area (Å²) < 4.78 is 5.70. The van der Waals surface area contributed by atoms with E-state index < -0.39 is 0 Å². The fourth-order valence-electron chi connectivity index (χ4n) is 1.40. The average molecular weight is 172 g/mol. The minimum absolute atomic E-state index is 0.144. The Labute approximate surface area is 77.5 Å². The largest absolute Gasteiger partial charge is 0.375 e. The van der Waals surface area contributed by atoms with Crippen molar-refractivity contribution in [3.63, 3.8) is 0 Å². The van der Waals surface area contributed by atoms with Gasteiger partial charge in [-0.3, -0.25) is 0 Å². The van der Waals surface area contributed by atoms with Gasteiger partial charge in [0.05, 0.1) is 5.60 Å². The first-order valence-electron chi connectivity index (χ1n) is 5.24. The van der Waals surface area contributed by atoms with Crippen molar-refractivity contribution < 1.29 is 4.74 Å². The molecule has 0 bridgehead atoms. The molecule has 0 N–H and O–H groups in total. The molecule has 1 unspecified atom stereocenters. The van der Waals surface area contributed by atoms with E-state index in [0.29, 0.717) is 0 Å². The second-order valence-electron chi connectivity index (χ2n) is 4.07. The van der Waals surface area contributed by atoms with E-state index in [4.69, 9.17) is 4.74 Å². The summed E-state index contributed by atoms with van der Waals surface area (Å²) in [5.41, 5.74) is 0.144. The van der Waals surface area contributed by atoms with Crippen molar-refractivity contribution >= 4 is 0 Å². The molecule has 1 saturated heterocycles. The van der Waals surface area contributed by atoms with E-state index in [9.17, 15) is 0 Å². The lowest BCUT2D eigenvalue weighted by molar-refractivity contribution is -0.0238. The maximum absolute atomic E-state index is 5.70. The van der Waals surface area contributed by atoms with Gasteiger partial charge < -0.3 is 4.74 Å². The highest BCUT2D eigenvalue weighted by Gasteiger charge is 2.22. The van der Waals surface area contributed by atoms with Gasteiger partial charge in [0.25, 0.3) is 0 Å². The SMILES string of the molecule is CC.CC1CCCC(C)(C)OC1. The third-order valence-corrected chi connectivity index (χ3v) is 2.23. The van der Waals surface area contributed by atoms with E-state index >= 15 is 0 Å². The van der Waals surface area contributed by atoms with Gasteiger partial charge in [0.15, 0.2) is 0 Å². The van der Waals surface area contributed by atoms with Crippen LogP contribution in [0.5, 0.6) is 0 Å². The van der Waals surface area contributed by atoms with E-state index in [1.165, 1.54) is 19.3 Å². The van der Waals surface area contributed by atoms with Crippen LogP contribution in [0.2, 0.25) is 0 Å². The zero-order valence-corrected chi connectivity index (χ0v) is 9.31. The van der Waals surface area contributed by atoms with Crippen LogP contribution >= 0.6 is 0 Å². The Morgan fingerprint density at radius 1 is 1.25 bits per heavy atom. The van der Waals surface area contributed by atoms with Gasteiger partial charge in [-0.25, -0.2) is 0 Å². The normalized spacial score (nSPS) is 28.2. The topological polar surface area (TPSA) is 9.23 Å². The summed E-state index contributed by atoms with van der Waals surface area (Å²) in [6.45, 7) is 11.6. The summed E-state index contributed by atoms with van der Waals surface area (Å²) in [4.78, 5) is 0. The van der Waals surface area contributed by atoms with Crippen molar-refractivity contribution in [1.82, 2.24) is 0 Å². The lowest BCUT2D eigenvalue weighted by Crippen LogP contribution is -2.23. The van der Waals surface area contributed by atoms with Crippen LogP contribution in [0.15, 0.2) is 0 Å². The Balaban J connectivity index is 0.000000561. The van der Waals surface area contributed by atoms with Crippen LogP contribution in [-0.2, 0) is 4.74 Å². The van der Waals surface area contributed by atoms with E-state index in [1.807, 2.05) is 13.8 Å². The summed E-state index contributed by atoms with van der Waals surface area (Å²) in [7, 11) is 0. The Kier molecular flexibility index (Phi) is 5.56. The molecular formula is C11H24O. The first-order chi connectivity index (χ1) is 5.60. The van der Waals surface area contributed by atoms with Crippen LogP contribution in [0.25, 0.3) is 0 Å². The number of hydrogen-bond donors (Lipinski definition) is 0. The fraction of sp³-hybridized carbons (Fsp3) is 1.00. The molecule has 0 aromatic heterocycles. The highest BCUT2D eigenvalue weighted by molar-refractivity contribution is 4.72. The maximum atomic E-state index is 5.70. The molecule has 0 saturated carbocycles. The van der Waals surface area contributed by atoms with Gasteiger partial charge in [0.1, 0.15) is 0 Å². The number of rotatable bonds is 0. The predicted octanol–water partition coefficient (Wildman–Crippen LogP) is 3.63. The first kappa shape index (κ1) is 12.0. The molecule has 1 aliphatic rings. The van der Waals surface area contributed by atoms with Gasteiger partial charge in [0.2, 0.25) is 0 Å². The minimum Gasteiger partial charge on any atom is -0.375 e. The van der Waals surface area contributed by atoms with Crippen LogP contribution in [0.4, 0.5) is 0 Å². The molecule has 1 atom stereocenters. The third-order valence-electron chi connectivity index (χ3n) is 2.23. The Morgan fingerprint density at radius 3 is 2.42 bits per heavy atom. The van der Waals surface area contributed by atoms with Gasteiger partial charge in [-0.2, -0.15) is 0 Å². The van der Waals surface area contributed by atoms with Gasteiger partial charge in [-0.05, 0) is 32.6 Å². The molecule has 1 nitrogen and oxygen atoms in total. The van der Waals surface area contributed by atoms with Crippen LogP contribution in [0, 0.1) is 5.92 Å². The molecule has 12 heavy (non-hydrogen) atoms. The lowest BCUT2D eigenvalue weighted by atomic mass is 10.00. The molecule has 1 rings (SSSR count). The molecule has 1 heterocycles. The van der Waals surface area contributed by atoms with Crippen molar-refractivity contribution in [3.05, 3.63) is 0 Å². The van der Waals surface area contributed by atoms with Crippen molar-refractivity contribution in [2.45, 2.75) is 59.5 Å². The Hall–Kier alpha value is -0.0400. The van der Waals surface area contributed by atoms with E-state index in [-0.39, 0.29) is 5.60 Å². The van der Waals surface area contributed by atoms with Gasteiger partial charge in [-0.1, -0.05) is 27.2 Å². The summed E-state index contributed by atoms with van der Waals surface area (Å²) in [5, 5.41) is 0. The van der Waals surface area contributed by atoms with Crippen molar-refractivity contribution in [1.29, 1.82) is 0 Å². The van der Waals surface area contributed by atoms with Gasteiger partial charge in [0, 0.05) is 6.61 Å². The first-order valence-corrected chi connectivity index (χ1v) is 5.24. The van der Waals surface area contributed by atoms with Crippen molar-refractivity contribution in [2.75, 3.05) is 6.61 Å². The monoisotopic (exact) mass is 172 g/mol. The minimum atomic E-state index is 0.144. The molecule has 0 radical (unpaired) electrons. The highest BCUT2D eigenvalue weighted by atomic mass is 16.5. The fourth-order valence-corrected chi connectivity index (χ4v) is 1.40. The summed E-state index contributed by atoms with van der Waals surface area (Å²) >= 11 is 0. The molecule has 0 spiro atoms. The maximum Gasteiger partial charge on any atom is 0.0626 e. The molecule has 0 aliphatic carbocycles. The van der Waals surface area contributed by atoms with Crippen LogP contribution < -0.4 is 0 Å². The second kappa shape index (κ2) is 5.58. The molecule has 0 amide bonds. The molecule has 74 valence electrons. The predicted molar refractivity (Wildman–Crippen MR) is 54.4 cm³/mol. The summed E-state index contributed by atoms with van der Waals surface area (Å²) in [5.74, 6) is 0.766. The van der Waals surface area contributed by atoms with Crippen molar-refractivity contribution in [3.8, 4) is 0 Å². The molecular weight excluding hydrogens is 148 g/mol. The summed E-state index contributed by atoms with van der Waals surface area (Å²) in [6.07, 6.45) is 3.88. The molecule has 1 heteroatoms. The Morgan fingerprint density at radius 2 is 1.83 bits per heavy atom. The van der Waals surface area contributed by atoms with Crippen LogP contribution in [-0.4, -0.2) is 12.2 Å². The highest BCUT2D eigenvalue weighted by Crippen LogP contribution is 2.25. The number of hydrogen-bond acceptors (Lipinski definition) is 1. The summed E-state index contributed by atoms with van der Waals surface area (Å²) in [6, 6.07) is 0. The average Bonchev–Trinajstić information content (AvgIpc) is 2.17. The van der Waals surface area contributed by atoms with Crippen molar-refractivity contribution in [2.24, 2.45) is 5.92 Å². The third kappa shape index (κ3) is 4.76. The quantitative estimate of drug-likeness (QED) is 0.542. The van der Waals surface area contributed by atoms with E-state index in [2.05, 4.69) is 20.8 Å². The smallest absolute Gasteiger partial charge is 0.0626 e. The standard InChI is InChI=1S/C9H18O.C2H6/c1-8-5-4-6-9(2,3)10-7-8;1-2/h8H,4-7H2,1-3H3;1-2H3. The van der Waals surface area contributed by atoms with E-state index in [1.54, 1.807) is 0 Å². The molecule has 0 aromatic rings. The van der Waals surface area contributed by atoms with Crippen LogP contribution in [0.1, 0.15) is 53.9 Å². The van der Waals surface area contributed by atoms with Gasteiger partial charge in [-0.15, -0.1) is 0 Å². The van der Waals surface area contributed by atoms with Gasteiger partial charge >= 0.3 is 0 Å². The lowest BCUT2D eigenvalue weighted by Gasteiger charge is -2.22. The van der Waals surface area contributed by atoms with E-state index in [0.717, 1.165) is 12.5 Å². The zero-order chi connectivity index (χ0) is 9.61. The molecule has 0 aromatic carbocycles. The Bertz CT molecular complexity index is 108. The molecule has 1 aliphatic heterocycles. The molecule has 1 fully saturated rings. The zero-order valence-electron chi connectivity index (χ0n) is 9.31. The number of ether oxygens (including phenoxy) is 1.